The first-order valence-corrected chi connectivity index (χ1v) is 11.1. The van der Waals surface area contributed by atoms with Gasteiger partial charge in [0.15, 0.2) is 0 Å². The number of nitrogens with one attached hydrogen (secondary N) is 1. The van der Waals surface area contributed by atoms with E-state index in [0.29, 0.717) is 13.0 Å². The fourth-order valence-electron chi connectivity index (χ4n) is 3.46. The lowest BCUT2D eigenvalue weighted by Gasteiger charge is -2.17. The van der Waals surface area contributed by atoms with Crippen molar-refractivity contribution in [2.75, 3.05) is 24.6 Å². The lowest BCUT2D eigenvalue weighted by Crippen LogP contribution is -2.30. The van der Waals surface area contributed by atoms with Crippen LogP contribution in [0.25, 0.3) is 0 Å². The maximum absolute atomic E-state index is 12.6. The molecule has 0 unspecified atom stereocenters. The third-order valence-electron chi connectivity index (χ3n) is 5.10. The Kier molecular flexibility index (Phi) is 5.12. The summed E-state index contributed by atoms with van der Waals surface area (Å²) in [6.07, 6.45) is 2.62. The van der Waals surface area contributed by atoms with Crippen LogP contribution in [0.5, 0.6) is 5.75 Å². The van der Waals surface area contributed by atoms with E-state index in [1.807, 2.05) is 31.2 Å². The SMILES string of the molecule is Cc1cccc(OCCNS(=O)(=O)c2ccc3c(c2)CCN3C(=O)C2CC2)c1. The van der Waals surface area contributed by atoms with Crippen LogP contribution in [0, 0.1) is 12.8 Å². The summed E-state index contributed by atoms with van der Waals surface area (Å²) in [7, 11) is -3.62. The van der Waals surface area contributed by atoms with Gasteiger partial charge in [0.05, 0.1) is 4.90 Å². The van der Waals surface area contributed by atoms with Crippen molar-refractivity contribution in [1.82, 2.24) is 4.72 Å². The van der Waals surface area contributed by atoms with Crippen molar-refractivity contribution >= 4 is 21.6 Å². The molecule has 1 heterocycles. The molecule has 0 spiro atoms. The first kappa shape index (κ1) is 19.0. The molecule has 6 nitrogen and oxygen atoms in total. The summed E-state index contributed by atoms with van der Waals surface area (Å²) < 4.78 is 33.3. The lowest BCUT2D eigenvalue weighted by atomic mass is 10.2. The Labute approximate surface area is 165 Å². The summed E-state index contributed by atoms with van der Waals surface area (Å²) in [5.74, 6) is 1.04. The number of hydrogen-bond acceptors (Lipinski definition) is 4. The van der Waals surface area contributed by atoms with Gasteiger partial charge in [0.25, 0.3) is 0 Å². The van der Waals surface area contributed by atoms with Crippen molar-refractivity contribution in [3.8, 4) is 5.75 Å². The Hall–Kier alpha value is -2.38. The van der Waals surface area contributed by atoms with Crippen LogP contribution in [0.15, 0.2) is 47.4 Å². The highest BCUT2D eigenvalue weighted by atomic mass is 32.2. The normalized spacial score (nSPS) is 16.1. The van der Waals surface area contributed by atoms with Gasteiger partial charge < -0.3 is 9.64 Å². The van der Waals surface area contributed by atoms with E-state index in [4.69, 9.17) is 4.74 Å². The number of carbonyl (C=O) groups excluding carboxylic acids is 1. The van der Waals surface area contributed by atoms with E-state index in [9.17, 15) is 13.2 Å². The van der Waals surface area contributed by atoms with E-state index in [-0.39, 0.29) is 29.9 Å². The molecule has 1 aliphatic carbocycles. The molecule has 7 heteroatoms. The van der Waals surface area contributed by atoms with Crippen LogP contribution >= 0.6 is 0 Å². The largest absolute Gasteiger partial charge is 0.492 e. The Morgan fingerprint density at radius 2 is 2.04 bits per heavy atom. The van der Waals surface area contributed by atoms with Crippen LogP contribution in [0.3, 0.4) is 0 Å². The highest BCUT2D eigenvalue weighted by molar-refractivity contribution is 7.89. The molecular formula is C21H24N2O4S. The maximum Gasteiger partial charge on any atom is 0.240 e. The highest BCUT2D eigenvalue weighted by Crippen LogP contribution is 2.37. The first-order chi connectivity index (χ1) is 13.4. The van der Waals surface area contributed by atoms with Crippen LogP contribution in [-0.2, 0) is 21.2 Å². The average molecular weight is 401 g/mol. The number of aryl methyl sites for hydroxylation is 1. The fourth-order valence-corrected chi connectivity index (χ4v) is 4.52. The van der Waals surface area contributed by atoms with Crippen molar-refractivity contribution in [3.05, 3.63) is 53.6 Å². The smallest absolute Gasteiger partial charge is 0.240 e. The van der Waals surface area contributed by atoms with Crippen LogP contribution in [0.4, 0.5) is 5.69 Å². The van der Waals surface area contributed by atoms with Gasteiger partial charge in [-0.25, -0.2) is 13.1 Å². The summed E-state index contributed by atoms with van der Waals surface area (Å²) >= 11 is 0. The molecule has 148 valence electrons. The number of ether oxygens (including phenoxy) is 1. The quantitative estimate of drug-likeness (QED) is 0.725. The molecule has 1 N–H and O–H groups in total. The molecule has 2 aromatic carbocycles. The van der Waals surface area contributed by atoms with E-state index >= 15 is 0 Å². The topological polar surface area (TPSA) is 75.7 Å². The molecule has 1 aliphatic heterocycles. The van der Waals surface area contributed by atoms with Gasteiger partial charge in [0.1, 0.15) is 12.4 Å². The number of nitrogens with zero attached hydrogens (tertiary/aromatic N) is 1. The predicted molar refractivity (Wildman–Crippen MR) is 107 cm³/mol. The summed E-state index contributed by atoms with van der Waals surface area (Å²) in [5.41, 5.74) is 2.84. The summed E-state index contributed by atoms with van der Waals surface area (Å²) in [6.45, 7) is 3.03. The van der Waals surface area contributed by atoms with E-state index in [1.165, 1.54) is 0 Å². The van der Waals surface area contributed by atoms with Gasteiger partial charge in [0.2, 0.25) is 15.9 Å². The average Bonchev–Trinajstić information content (AvgIpc) is 3.44. The molecule has 0 bridgehead atoms. The molecule has 1 fully saturated rings. The number of fused-ring (bicyclic) bond motifs is 1. The van der Waals surface area contributed by atoms with E-state index in [0.717, 1.165) is 35.4 Å². The number of benzene rings is 2. The second-order valence-corrected chi connectivity index (χ2v) is 9.13. The molecule has 0 saturated heterocycles. The van der Waals surface area contributed by atoms with E-state index in [1.54, 1.807) is 23.1 Å². The second kappa shape index (κ2) is 7.56. The summed E-state index contributed by atoms with van der Waals surface area (Å²) in [5, 5.41) is 0. The Balaban J connectivity index is 1.37. The molecular weight excluding hydrogens is 376 g/mol. The van der Waals surface area contributed by atoms with Crippen molar-refractivity contribution < 1.29 is 17.9 Å². The maximum atomic E-state index is 12.6. The molecule has 1 amide bonds. The van der Waals surface area contributed by atoms with Gasteiger partial charge in [-0.15, -0.1) is 0 Å². The fraction of sp³-hybridized carbons (Fsp3) is 0.381. The Morgan fingerprint density at radius 3 is 2.79 bits per heavy atom. The van der Waals surface area contributed by atoms with Crippen molar-refractivity contribution in [2.45, 2.75) is 31.1 Å². The first-order valence-electron chi connectivity index (χ1n) is 9.57. The molecule has 0 radical (unpaired) electrons. The van der Waals surface area contributed by atoms with Gasteiger partial charge in [-0.2, -0.15) is 0 Å². The van der Waals surface area contributed by atoms with Gasteiger partial charge in [-0.05, 0) is 67.6 Å². The molecule has 1 saturated carbocycles. The number of anilines is 1. The van der Waals surface area contributed by atoms with Crippen LogP contribution in [0.1, 0.15) is 24.0 Å². The van der Waals surface area contributed by atoms with Crippen LogP contribution in [-0.4, -0.2) is 34.0 Å². The minimum Gasteiger partial charge on any atom is -0.492 e. The van der Waals surface area contributed by atoms with E-state index in [2.05, 4.69) is 4.72 Å². The van der Waals surface area contributed by atoms with Gasteiger partial charge >= 0.3 is 0 Å². The molecule has 0 aromatic heterocycles. The van der Waals surface area contributed by atoms with Crippen molar-refractivity contribution in [2.24, 2.45) is 5.92 Å². The molecule has 28 heavy (non-hydrogen) atoms. The summed E-state index contributed by atoms with van der Waals surface area (Å²) in [6, 6.07) is 12.6. The predicted octanol–water partition coefficient (Wildman–Crippen LogP) is 2.65. The minimum absolute atomic E-state index is 0.157. The lowest BCUT2D eigenvalue weighted by molar-refractivity contribution is -0.119. The van der Waals surface area contributed by atoms with E-state index < -0.39 is 10.0 Å². The third-order valence-corrected chi connectivity index (χ3v) is 6.56. The number of carbonyl (C=O) groups is 1. The van der Waals surface area contributed by atoms with Gasteiger partial charge in [-0.1, -0.05) is 12.1 Å². The zero-order chi connectivity index (χ0) is 19.7. The monoisotopic (exact) mass is 400 g/mol. The van der Waals surface area contributed by atoms with Crippen LogP contribution in [0.2, 0.25) is 0 Å². The van der Waals surface area contributed by atoms with Crippen LogP contribution < -0.4 is 14.4 Å². The highest BCUT2D eigenvalue weighted by Gasteiger charge is 2.36. The van der Waals surface area contributed by atoms with Crippen molar-refractivity contribution in [1.29, 1.82) is 0 Å². The molecule has 0 atom stereocenters. The number of sulfonamides is 1. The molecule has 4 rings (SSSR count). The summed E-state index contributed by atoms with van der Waals surface area (Å²) in [4.78, 5) is 14.4. The zero-order valence-electron chi connectivity index (χ0n) is 15.8. The Bertz CT molecular complexity index is 999. The number of hydrogen-bond donors (Lipinski definition) is 1. The number of amides is 1. The standard InChI is InChI=1S/C21H24N2O4S/c1-15-3-2-4-18(13-15)27-12-10-22-28(25,26)19-7-8-20-17(14-19)9-11-23(20)21(24)16-5-6-16/h2-4,7-8,13-14,16,22H,5-6,9-12H2,1H3. The Morgan fingerprint density at radius 1 is 1.21 bits per heavy atom. The van der Waals surface area contributed by atoms with Gasteiger partial charge in [0, 0.05) is 24.7 Å². The number of rotatable bonds is 7. The molecule has 2 aliphatic rings. The van der Waals surface area contributed by atoms with Gasteiger partial charge in [-0.3, -0.25) is 4.79 Å². The molecule has 2 aromatic rings. The minimum atomic E-state index is -3.62. The second-order valence-electron chi connectivity index (χ2n) is 7.37. The van der Waals surface area contributed by atoms with Crippen molar-refractivity contribution in [3.63, 3.8) is 0 Å². The third kappa shape index (κ3) is 4.05. The zero-order valence-corrected chi connectivity index (χ0v) is 16.7.